The Labute approximate surface area is 721 Å². The summed E-state index contributed by atoms with van der Waals surface area (Å²) in [5, 5.41) is 79.5. The molecule has 4 unspecified atom stereocenters. The highest BCUT2D eigenvalue weighted by Gasteiger charge is 2.38. The molecule has 0 saturated heterocycles. The van der Waals surface area contributed by atoms with Crippen LogP contribution in [-0.2, 0) is 54.3 Å². The van der Waals surface area contributed by atoms with Crippen LogP contribution in [0.4, 0.5) is 9.59 Å². The highest BCUT2D eigenvalue weighted by Crippen LogP contribution is 2.26. The summed E-state index contributed by atoms with van der Waals surface area (Å²) in [4.78, 5) is 122. The number of nitrogens with two attached hydrogens (primary N) is 2. The number of hydrogen-bond acceptors (Lipinski definition) is 21. The first-order valence-electron chi connectivity index (χ1n) is 40.2. The fourth-order valence-electron chi connectivity index (χ4n) is 13.1. The molecule has 10 aromatic rings. The van der Waals surface area contributed by atoms with E-state index in [1.54, 1.807) is 111 Å². The van der Waals surface area contributed by atoms with Gasteiger partial charge in [0.1, 0.15) is 17.2 Å². The van der Waals surface area contributed by atoms with Crippen LogP contribution in [0.1, 0.15) is 105 Å². The Balaban J connectivity index is 0.000000216. The highest BCUT2D eigenvalue weighted by atomic mass is 35.5. The molecule has 29 nitrogen and oxygen atoms in total. The van der Waals surface area contributed by atoms with Crippen molar-refractivity contribution in [3.05, 3.63) is 263 Å². The number of ether oxygens (including phenoxy) is 2. The van der Waals surface area contributed by atoms with Gasteiger partial charge < -0.3 is 89.0 Å². The van der Waals surface area contributed by atoms with Gasteiger partial charge in [0.05, 0.1) is 77.9 Å². The molecule has 0 spiro atoms. The number of aliphatic hydroxyl groups excluding tert-OH is 4. The van der Waals surface area contributed by atoms with Gasteiger partial charge in [-0.2, -0.15) is 0 Å². The number of carboxylic acid groups (broad SMARTS) is 1. The molecule has 0 aliphatic carbocycles. The maximum atomic E-state index is 12.7. The number of fused-ring (bicyclic) bond motifs is 6. The number of carbonyl (C=O) groups excluding carboxylic acids is 9. The first-order valence-corrected chi connectivity index (χ1v) is 40.2. The fourth-order valence-corrected chi connectivity index (χ4v) is 13.1. The Kier molecular flexibility index (Phi) is 37.7. The van der Waals surface area contributed by atoms with Gasteiger partial charge in [0, 0.05) is 39.3 Å². The summed E-state index contributed by atoms with van der Waals surface area (Å²) in [5.41, 5.74) is 15.5. The molecule has 0 radical (unpaired) electrons. The molecule has 0 bridgehead atoms. The summed E-state index contributed by atoms with van der Waals surface area (Å²) in [6.45, 7) is 10.2. The van der Waals surface area contributed by atoms with Crippen LogP contribution >= 0.6 is 12.4 Å². The molecule has 12 rings (SSSR count). The van der Waals surface area contributed by atoms with Crippen LogP contribution in [0.3, 0.4) is 0 Å². The third-order valence-electron chi connectivity index (χ3n) is 19.5. The monoisotopic (exact) mass is 1700 g/mol. The smallest absolute Gasteiger partial charge is 0.407 e. The van der Waals surface area contributed by atoms with Gasteiger partial charge in [0.25, 0.3) is 23.6 Å². The van der Waals surface area contributed by atoms with Crippen LogP contribution in [0.5, 0.6) is 0 Å². The summed E-state index contributed by atoms with van der Waals surface area (Å²) in [6, 6.07) is 67.4. The van der Waals surface area contributed by atoms with Crippen molar-refractivity contribution >= 4 is 115 Å². The number of amides is 9. The molecular weight excluding hydrogens is 1590 g/mol. The zero-order valence-corrected chi connectivity index (χ0v) is 71.3. The molecule has 0 aromatic heterocycles. The largest absolute Gasteiger partial charge is 0.480 e. The molecule has 9 amide bonds. The average Bonchev–Trinajstić information content (AvgIpc) is 1.64. The van der Waals surface area contributed by atoms with E-state index in [0.29, 0.717) is 47.9 Å². The number of aliphatic carboxylic acids is 1. The maximum absolute atomic E-state index is 12.7. The number of nitrogens with one attached hydrogen (secondary N) is 8. The maximum Gasteiger partial charge on any atom is 0.407 e. The first-order chi connectivity index (χ1) is 58.1. The number of alkyl carbamates (subject to hydrolysis) is 2. The van der Waals surface area contributed by atoms with E-state index in [-0.39, 0.29) is 94.3 Å². The fraction of sp³-hybridized carbons (Fsp3) is 0.333. The average molecular weight is 1710 g/mol. The Morgan fingerprint density at radius 2 is 0.618 bits per heavy atom. The second-order valence-electron chi connectivity index (χ2n) is 31.4. The summed E-state index contributed by atoms with van der Waals surface area (Å²) in [6.07, 6.45) is -3.12. The minimum Gasteiger partial charge on any atom is -0.480 e. The molecule has 30 heteroatoms. The van der Waals surface area contributed by atoms with Crippen LogP contribution in [0, 0.1) is 0 Å². The number of benzene rings is 10. The number of imide groups is 2. The zero-order valence-electron chi connectivity index (χ0n) is 70.5. The normalized spacial score (nSPS) is 14.1. The highest BCUT2D eigenvalue weighted by molar-refractivity contribution is 6.22. The second-order valence-corrected chi connectivity index (χ2v) is 31.4. The molecule has 8 atom stereocenters. The zero-order chi connectivity index (χ0) is 88.8. The molecule has 10 aromatic carbocycles. The Bertz CT molecular complexity index is 5210. The molecule has 0 fully saturated rings. The minimum absolute atomic E-state index is 0. The van der Waals surface area contributed by atoms with Crippen LogP contribution in [0.25, 0.3) is 43.1 Å². The van der Waals surface area contributed by atoms with Crippen LogP contribution < -0.4 is 54.0 Å². The number of β-amino-alcohol motifs (C(OH)–C–C–N with tert-alkyl or cyclic N) is 2. The Morgan fingerprint density at radius 1 is 0.358 bits per heavy atom. The lowest BCUT2D eigenvalue weighted by molar-refractivity contribution is -0.139. The predicted molar refractivity (Wildman–Crippen MR) is 476 cm³/mol. The third-order valence-corrected chi connectivity index (χ3v) is 19.5. The molecule has 2 aliphatic rings. The van der Waals surface area contributed by atoms with E-state index in [2.05, 4.69) is 54.7 Å². The summed E-state index contributed by atoms with van der Waals surface area (Å²) < 4.78 is 10.2. The lowest BCUT2D eigenvalue weighted by Crippen LogP contribution is -2.48. The minimum atomic E-state index is -1.07. The van der Waals surface area contributed by atoms with E-state index in [0.717, 1.165) is 69.8 Å². The molecule has 17 N–H and O–H groups in total. The molecule has 2 aliphatic heterocycles. The van der Waals surface area contributed by atoms with E-state index < -0.39 is 89.8 Å². The van der Waals surface area contributed by atoms with Crippen molar-refractivity contribution in [2.45, 2.75) is 127 Å². The van der Waals surface area contributed by atoms with Crippen molar-refractivity contribution in [1.82, 2.24) is 52.3 Å². The van der Waals surface area contributed by atoms with Gasteiger partial charge in [0.15, 0.2) is 0 Å². The van der Waals surface area contributed by atoms with Crippen molar-refractivity contribution < 1.29 is 83.0 Å². The van der Waals surface area contributed by atoms with E-state index in [1.807, 2.05) is 158 Å². The number of carboxylic acids is 1. The summed E-state index contributed by atoms with van der Waals surface area (Å²) in [5.74, 6) is -3.24. The number of aliphatic hydroxyl groups is 4. The quantitative estimate of drug-likeness (QED) is 0.0194. The van der Waals surface area contributed by atoms with E-state index in [1.165, 1.54) is 5.39 Å². The Hall–Kier alpha value is -12.1. The lowest BCUT2D eigenvalue weighted by Gasteiger charge is -2.21. The van der Waals surface area contributed by atoms with Crippen molar-refractivity contribution in [3.63, 3.8) is 0 Å². The van der Waals surface area contributed by atoms with Crippen LogP contribution in [0.2, 0.25) is 0 Å². The number of halogens is 1. The van der Waals surface area contributed by atoms with E-state index >= 15 is 0 Å². The number of carbonyl (C=O) groups is 10. The number of rotatable bonds is 30. The third kappa shape index (κ3) is 30.5. The standard InChI is InChI=1S/C25H25N3O4.C22H31N3O4.C21H29N3O4.C14H15NO2.C11H12N2O3.ClH/c1-26-22(13-16-10-11-17-6-2-3-7-18(17)12-16)23(30)27-14-19(29)15-28-24(31)20-8-4-5-9-21(20)25(28)32;1-22(2,3)29-21(28)25-14-18(26)13-24-20(27)19(23-4)12-15-9-10-16-7-5-6-8-17(16)11-15;1-21(2,3)28-20(27)24-13-17(25)12-23-19(26)18(22)11-14-8-9-15-6-4-5-7-16(15)10-14;1-15-13(14(16)17)9-10-6-7-11-4-2-3-5-12(11)8-10;12-5-7(14)6-13-10(15)8-3-1-2-4-9(8)11(13)16;/h2-12,19,22,26,29H,13-15H2,1H3,(H,27,30);5-11,18-19,23,26H,12-14H2,1-4H3,(H,24,27)(H,25,28);4-10,17-18,25H,11-13,22H2,1-3H3,(H,23,26)(H,24,27);2-8,13,15H,9H2,1H3,(H,16,17);1-4,7,14H,5-6,12H2;1H/t19?,22-;18?,19-;17?,18-;13-;;/m1111../s1. The number of likely N-dealkylation sites (N-methyl/N-ethyl adjacent to an activating group) is 3. The second kappa shape index (κ2) is 47.3. The molecular formula is C93H113ClN12O17. The number of hydrogen-bond donors (Lipinski definition) is 15. The van der Waals surface area contributed by atoms with Crippen molar-refractivity contribution in [2.24, 2.45) is 11.5 Å². The molecule has 654 valence electrons. The number of nitrogens with zero attached hydrogens (tertiary/aromatic N) is 2. The van der Waals surface area contributed by atoms with E-state index in [4.69, 9.17) is 26.0 Å². The van der Waals surface area contributed by atoms with E-state index in [9.17, 15) is 68.4 Å². The first kappa shape index (κ1) is 98.0. The van der Waals surface area contributed by atoms with Gasteiger partial charge in [-0.15, -0.1) is 12.4 Å². The van der Waals surface area contributed by atoms with Gasteiger partial charge in [-0.1, -0.05) is 194 Å². The summed E-state index contributed by atoms with van der Waals surface area (Å²) in [7, 11) is 5.10. The molecule has 123 heavy (non-hydrogen) atoms. The lowest BCUT2D eigenvalue weighted by atomic mass is 10.0. The van der Waals surface area contributed by atoms with Gasteiger partial charge in [-0.25, -0.2) is 9.59 Å². The van der Waals surface area contributed by atoms with Gasteiger partial charge >= 0.3 is 18.2 Å². The Morgan fingerprint density at radius 3 is 0.911 bits per heavy atom. The van der Waals surface area contributed by atoms with Gasteiger partial charge in [-0.05, 0) is 178 Å². The summed E-state index contributed by atoms with van der Waals surface area (Å²) >= 11 is 0. The predicted octanol–water partition coefficient (Wildman–Crippen LogP) is 7.51. The van der Waals surface area contributed by atoms with Crippen LogP contribution in [0.15, 0.2) is 218 Å². The SMILES string of the molecule is CC(C)(C)OC(=O)NCC(O)CNC(=O)[C@H](N)Cc1ccc2ccccc2c1.CN[C@H](Cc1ccc2ccccc2c1)C(=O)NCC(O)CN1C(=O)c2ccccc2C1=O.CN[C@H](Cc1ccc2ccccc2c1)C(=O)NCC(O)CNC(=O)OC(C)(C)C.CN[C@H](Cc1ccc2ccccc2c1)C(=O)O.Cl.NCC(O)CN1C(=O)c2ccccc2C1=O. The van der Waals surface area contributed by atoms with Crippen molar-refractivity contribution in [3.8, 4) is 0 Å². The van der Waals surface area contributed by atoms with Crippen LogP contribution in [-0.4, -0.2) is 228 Å². The van der Waals surface area contributed by atoms with Crippen molar-refractivity contribution in [2.75, 3.05) is 73.5 Å². The van der Waals surface area contributed by atoms with Crippen molar-refractivity contribution in [1.29, 1.82) is 0 Å². The molecule has 2 heterocycles. The topological polar surface area (TPSA) is 445 Å². The van der Waals surface area contributed by atoms with Gasteiger partial charge in [0.2, 0.25) is 17.7 Å². The van der Waals surface area contributed by atoms with Gasteiger partial charge in [-0.3, -0.25) is 48.2 Å². The molecule has 0 saturated carbocycles.